The van der Waals surface area contributed by atoms with Crippen LogP contribution in [0.5, 0.6) is 5.75 Å². The van der Waals surface area contributed by atoms with E-state index in [-0.39, 0.29) is 0 Å². The van der Waals surface area contributed by atoms with Crippen molar-refractivity contribution < 1.29 is 5.11 Å². The van der Waals surface area contributed by atoms with Crippen molar-refractivity contribution in [1.82, 2.24) is 0 Å². The topological polar surface area (TPSA) is 20.2 Å². The summed E-state index contributed by atoms with van der Waals surface area (Å²) < 4.78 is 0. The smallest absolute Gasteiger partial charge is 0.119 e. The molecule has 0 saturated heterocycles. The average Bonchev–Trinajstić information content (AvgIpc) is 1.94. The fourth-order valence-electron chi connectivity index (χ4n) is 1.15. The lowest BCUT2D eigenvalue weighted by Gasteiger charge is -2.04. The van der Waals surface area contributed by atoms with Gasteiger partial charge in [0.15, 0.2) is 0 Å². The Kier molecular flexibility index (Phi) is 2.54. The normalized spacial score (nSPS) is 9.83. The van der Waals surface area contributed by atoms with Crippen molar-refractivity contribution in [3.8, 4) is 5.75 Å². The third-order valence-corrected chi connectivity index (χ3v) is 1.73. The Morgan fingerprint density at radius 3 is 2.67 bits per heavy atom. The first-order valence-corrected chi connectivity index (χ1v) is 4.02. The number of aryl methyl sites for hydroxylation is 1. The maximum absolute atomic E-state index is 9.50. The van der Waals surface area contributed by atoms with Crippen molar-refractivity contribution in [2.75, 3.05) is 0 Å². The van der Waals surface area contributed by atoms with Gasteiger partial charge in [-0.15, -0.1) is 0 Å². The summed E-state index contributed by atoms with van der Waals surface area (Å²) in [5, 5.41) is 9.50. The highest BCUT2D eigenvalue weighted by Gasteiger charge is 2.00. The van der Waals surface area contributed by atoms with Crippen LogP contribution in [0.4, 0.5) is 0 Å². The molecule has 0 aliphatic rings. The van der Waals surface area contributed by atoms with Gasteiger partial charge in [0, 0.05) is 0 Å². The van der Waals surface area contributed by atoms with Gasteiger partial charge in [0.25, 0.3) is 0 Å². The van der Waals surface area contributed by atoms with Crippen LogP contribution in [-0.2, 0) is 6.42 Å². The molecule has 0 aliphatic heterocycles. The molecule has 0 spiro atoms. The minimum Gasteiger partial charge on any atom is -0.508 e. The SMILES string of the molecule is C=C(C)Cc1ccc(C)cc1O. The summed E-state index contributed by atoms with van der Waals surface area (Å²) in [6.45, 7) is 7.72. The van der Waals surface area contributed by atoms with E-state index in [4.69, 9.17) is 0 Å². The first kappa shape index (κ1) is 8.85. The minimum atomic E-state index is 0.373. The molecule has 0 heterocycles. The summed E-state index contributed by atoms with van der Waals surface area (Å²) >= 11 is 0. The van der Waals surface area contributed by atoms with Crippen molar-refractivity contribution >= 4 is 0 Å². The Balaban J connectivity index is 2.93. The lowest BCUT2D eigenvalue weighted by atomic mass is 10.0. The lowest BCUT2D eigenvalue weighted by molar-refractivity contribution is 0.469. The predicted octanol–water partition coefficient (Wildman–Crippen LogP) is 2.82. The van der Waals surface area contributed by atoms with Gasteiger partial charge in [0.2, 0.25) is 0 Å². The summed E-state index contributed by atoms with van der Waals surface area (Å²) in [4.78, 5) is 0. The molecule has 0 atom stereocenters. The zero-order valence-corrected chi connectivity index (χ0v) is 7.59. The first-order valence-electron chi connectivity index (χ1n) is 4.02. The third-order valence-electron chi connectivity index (χ3n) is 1.73. The van der Waals surface area contributed by atoms with E-state index in [1.165, 1.54) is 0 Å². The van der Waals surface area contributed by atoms with Crippen LogP contribution in [0.1, 0.15) is 18.1 Å². The number of rotatable bonds is 2. The molecule has 0 bridgehead atoms. The molecule has 1 nitrogen and oxygen atoms in total. The van der Waals surface area contributed by atoms with Crippen molar-refractivity contribution in [2.24, 2.45) is 0 Å². The fraction of sp³-hybridized carbons (Fsp3) is 0.273. The predicted molar refractivity (Wildman–Crippen MR) is 51.4 cm³/mol. The number of benzene rings is 1. The molecule has 64 valence electrons. The fourth-order valence-corrected chi connectivity index (χ4v) is 1.15. The number of hydrogen-bond acceptors (Lipinski definition) is 1. The minimum absolute atomic E-state index is 0.373. The van der Waals surface area contributed by atoms with E-state index >= 15 is 0 Å². The van der Waals surface area contributed by atoms with Crippen LogP contribution in [0.3, 0.4) is 0 Å². The molecule has 0 aliphatic carbocycles. The zero-order chi connectivity index (χ0) is 9.14. The number of phenols is 1. The van der Waals surface area contributed by atoms with Crippen LogP contribution in [0, 0.1) is 6.92 Å². The lowest BCUT2D eigenvalue weighted by Crippen LogP contribution is -1.86. The number of phenolic OH excluding ortho intramolecular Hbond substituents is 1. The van der Waals surface area contributed by atoms with E-state index in [0.29, 0.717) is 5.75 Å². The molecule has 12 heavy (non-hydrogen) atoms. The first-order chi connectivity index (χ1) is 5.59. The summed E-state index contributed by atoms with van der Waals surface area (Å²) in [7, 11) is 0. The van der Waals surface area contributed by atoms with Crippen molar-refractivity contribution in [3.63, 3.8) is 0 Å². The van der Waals surface area contributed by atoms with Crippen LogP contribution in [-0.4, -0.2) is 5.11 Å². The van der Waals surface area contributed by atoms with Gasteiger partial charge < -0.3 is 5.11 Å². The van der Waals surface area contributed by atoms with Crippen molar-refractivity contribution in [3.05, 3.63) is 41.5 Å². The van der Waals surface area contributed by atoms with Crippen molar-refractivity contribution in [1.29, 1.82) is 0 Å². The molecule has 0 fully saturated rings. The zero-order valence-electron chi connectivity index (χ0n) is 7.59. The molecular weight excluding hydrogens is 148 g/mol. The largest absolute Gasteiger partial charge is 0.508 e. The molecule has 1 aromatic carbocycles. The molecule has 1 N–H and O–H groups in total. The van der Waals surface area contributed by atoms with Gasteiger partial charge in [-0.2, -0.15) is 0 Å². The van der Waals surface area contributed by atoms with E-state index < -0.39 is 0 Å². The molecule has 0 amide bonds. The Labute approximate surface area is 73.4 Å². The molecule has 1 aromatic rings. The molecular formula is C11H14O. The van der Waals surface area contributed by atoms with Gasteiger partial charge in [0.1, 0.15) is 5.75 Å². The Hall–Kier alpha value is -1.24. The van der Waals surface area contributed by atoms with Gasteiger partial charge in [-0.3, -0.25) is 0 Å². The highest BCUT2D eigenvalue weighted by atomic mass is 16.3. The van der Waals surface area contributed by atoms with Gasteiger partial charge in [-0.05, 0) is 37.5 Å². The van der Waals surface area contributed by atoms with Crippen LogP contribution >= 0.6 is 0 Å². The van der Waals surface area contributed by atoms with Gasteiger partial charge >= 0.3 is 0 Å². The summed E-state index contributed by atoms with van der Waals surface area (Å²) in [6.07, 6.45) is 0.756. The van der Waals surface area contributed by atoms with Crippen LogP contribution in [0.25, 0.3) is 0 Å². The quantitative estimate of drug-likeness (QED) is 0.663. The second kappa shape index (κ2) is 3.44. The molecule has 0 saturated carbocycles. The van der Waals surface area contributed by atoms with E-state index in [1.807, 2.05) is 26.0 Å². The molecule has 1 heteroatoms. The van der Waals surface area contributed by atoms with E-state index in [1.54, 1.807) is 6.07 Å². The highest BCUT2D eigenvalue weighted by Crippen LogP contribution is 2.20. The molecule has 0 radical (unpaired) electrons. The highest BCUT2D eigenvalue weighted by molar-refractivity contribution is 5.37. The average molecular weight is 162 g/mol. The summed E-state index contributed by atoms with van der Waals surface area (Å²) in [5.41, 5.74) is 3.10. The van der Waals surface area contributed by atoms with Crippen molar-refractivity contribution in [2.45, 2.75) is 20.3 Å². The number of hydrogen-bond donors (Lipinski definition) is 1. The Morgan fingerprint density at radius 2 is 2.17 bits per heavy atom. The third kappa shape index (κ3) is 2.12. The molecule has 1 rings (SSSR count). The second-order valence-electron chi connectivity index (χ2n) is 3.27. The van der Waals surface area contributed by atoms with Gasteiger partial charge in [-0.25, -0.2) is 0 Å². The maximum atomic E-state index is 9.50. The number of aromatic hydroxyl groups is 1. The van der Waals surface area contributed by atoms with E-state index in [0.717, 1.165) is 23.1 Å². The van der Waals surface area contributed by atoms with Crippen LogP contribution < -0.4 is 0 Å². The van der Waals surface area contributed by atoms with E-state index in [9.17, 15) is 5.11 Å². The van der Waals surface area contributed by atoms with E-state index in [2.05, 4.69) is 6.58 Å². The monoisotopic (exact) mass is 162 g/mol. The summed E-state index contributed by atoms with van der Waals surface area (Å²) in [5.74, 6) is 0.373. The standard InChI is InChI=1S/C11H14O/c1-8(2)6-10-5-4-9(3)7-11(10)12/h4-5,7,12H,1,6H2,2-3H3. The van der Waals surface area contributed by atoms with Gasteiger partial charge in [-0.1, -0.05) is 24.3 Å². The Bertz CT molecular complexity index is 300. The van der Waals surface area contributed by atoms with Crippen LogP contribution in [0.15, 0.2) is 30.4 Å². The molecule has 0 unspecified atom stereocenters. The molecule has 0 aromatic heterocycles. The maximum Gasteiger partial charge on any atom is 0.119 e. The number of allylic oxidation sites excluding steroid dienone is 1. The van der Waals surface area contributed by atoms with Gasteiger partial charge in [0.05, 0.1) is 0 Å². The second-order valence-corrected chi connectivity index (χ2v) is 3.27. The summed E-state index contributed by atoms with van der Waals surface area (Å²) in [6, 6.07) is 5.72. The van der Waals surface area contributed by atoms with Crippen LogP contribution in [0.2, 0.25) is 0 Å². The Morgan fingerprint density at radius 1 is 1.50 bits per heavy atom.